The lowest BCUT2D eigenvalue weighted by atomic mass is 10.2. The van der Waals surface area contributed by atoms with Crippen molar-refractivity contribution < 1.29 is 9.53 Å². The summed E-state index contributed by atoms with van der Waals surface area (Å²) in [6.45, 7) is 0. The molecule has 9 heteroatoms. The Kier molecular flexibility index (Phi) is 5.69. The van der Waals surface area contributed by atoms with E-state index in [9.17, 15) is 4.79 Å². The van der Waals surface area contributed by atoms with Crippen molar-refractivity contribution in [2.75, 3.05) is 11.2 Å². The molecule has 0 aliphatic carbocycles. The number of nitrogens with one attached hydrogen (secondary N) is 2. The third-order valence-corrected chi connectivity index (χ3v) is 4.33. The molecule has 0 bridgehead atoms. The number of anilines is 2. The van der Waals surface area contributed by atoms with Crippen LogP contribution in [0, 0.1) is 0 Å². The largest absolute Gasteiger partial charge is 0.437 e. The Morgan fingerprint density at radius 1 is 0.962 bits per heavy atom. The first-order valence-electron chi connectivity index (χ1n) is 7.39. The Hall–Kier alpha value is -2.65. The number of nitrogens with zero attached hydrogens (tertiary/aromatic N) is 2. The number of nitrogens with two attached hydrogens (primary N) is 1. The lowest BCUT2D eigenvalue weighted by Gasteiger charge is -2.12. The van der Waals surface area contributed by atoms with Crippen molar-refractivity contribution in [3.63, 3.8) is 0 Å². The summed E-state index contributed by atoms with van der Waals surface area (Å²) >= 11 is 6.68. The molecule has 1 amide bonds. The van der Waals surface area contributed by atoms with E-state index in [2.05, 4.69) is 52.7 Å². The summed E-state index contributed by atoms with van der Waals surface area (Å²) in [5, 5.41) is 0. The van der Waals surface area contributed by atoms with Gasteiger partial charge in [-0.25, -0.2) is 4.98 Å². The van der Waals surface area contributed by atoms with Crippen molar-refractivity contribution in [1.82, 2.24) is 15.4 Å². The van der Waals surface area contributed by atoms with Gasteiger partial charge in [0, 0.05) is 14.5 Å². The van der Waals surface area contributed by atoms with Crippen molar-refractivity contribution in [1.29, 1.82) is 0 Å². The number of hydrogen-bond donors (Lipinski definition) is 3. The molecule has 1 aromatic heterocycles. The Morgan fingerprint density at radius 2 is 1.58 bits per heavy atom. The van der Waals surface area contributed by atoms with Crippen LogP contribution >= 0.6 is 31.9 Å². The molecular formula is C17H13Br2N5O2. The summed E-state index contributed by atoms with van der Waals surface area (Å²) in [5.74, 6) is 0.662. The molecule has 132 valence electrons. The minimum atomic E-state index is -0.328. The van der Waals surface area contributed by atoms with Crippen LogP contribution in [0.3, 0.4) is 0 Å². The van der Waals surface area contributed by atoms with Crippen LogP contribution in [0.2, 0.25) is 0 Å². The number of hydrazine groups is 1. The van der Waals surface area contributed by atoms with E-state index in [4.69, 9.17) is 10.5 Å². The zero-order valence-corrected chi connectivity index (χ0v) is 16.4. The second-order valence-electron chi connectivity index (χ2n) is 5.08. The summed E-state index contributed by atoms with van der Waals surface area (Å²) in [4.78, 5) is 20.2. The Bertz CT molecular complexity index is 917. The molecule has 2 aromatic carbocycles. The first-order valence-corrected chi connectivity index (χ1v) is 8.97. The van der Waals surface area contributed by atoms with Gasteiger partial charge in [-0.2, -0.15) is 4.98 Å². The van der Waals surface area contributed by atoms with Crippen LogP contribution in [0.5, 0.6) is 11.6 Å². The summed E-state index contributed by atoms with van der Waals surface area (Å²) in [6, 6.07) is 14.1. The molecule has 26 heavy (non-hydrogen) atoms. The minimum absolute atomic E-state index is 0.173. The molecule has 0 unspecified atom stereocenters. The minimum Gasteiger partial charge on any atom is -0.437 e. The fourth-order valence-corrected chi connectivity index (χ4v) is 2.49. The number of carbonyl (C=O) groups excluding carboxylic acids is 1. The Morgan fingerprint density at radius 3 is 2.23 bits per heavy atom. The van der Waals surface area contributed by atoms with Crippen LogP contribution in [0.1, 0.15) is 10.4 Å². The quantitative estimate of drug-likeness (QED) is 0.476. The zero-order chi connectivity index (χ0) is 18.5. The molecule has 0 saturated heterocycles. The van der Waals surface area contributed by atoms with E-state index in [1.54, 1.807) is 36.4 Å². The number of benzene rings is 2. The maximum absolute atomic E-state index is 12.1. The molecule has 0 aliphatic heterocycles. The van der Waals surface area contributed by atoms with Gasteiger partial charge in [-0.3, -0.25) is 15.6 Å². The van der Waals surface area contributed by atoms with Crippen LogP contribution in [-0.4, -0.2) is 15.9 Å². The van der Waals surface area contributed by atoms with Gasteiger partial charge in [0.25, 0.3) is 5.91 Å². The molecule has 7 nitrogen and oxygen atoms in total. The Labute approximate surface area is 166 Å². The van der Waals surface area contributed by atoms with Gasteiger partial charge in [0.2, 0.25) is 5.88 Å². The number of hydrogen-bond acceptors (Lipinski definition) is 6. The summed E-state index contributed by atoms with van der Waals surface area (Å²) < 4.78 is 7.47. The van der Waals surface area contributed by atoms with Crippen molar-refractivity contribution in [2.45, 2.75) is 0 Å². The molecule has 1 heterocycles. The lowest BCUT2D eigenvalue weighted by molar-refractivity contribution is 0.0962. The monoisotopic (exact) mass is 477 g/mol. The maximum atomic E-state index is 12.1. The second kappa shape index (κ2) is 8.15. The van der Waals surface area contributed by atoms with E-state index in [-0.39, 0.29) is 23.3 Å². The smallest absolute Gasteiger partial charge is 0.269 e. The predicted molar refractivity (Wildman–Crippen MR) is 106 cm³/mol. The molecule has 3 rings (SSSR count). The average Bonchev–Trinajstić information content (AvgIpc) is 2.64. The van der Waals surface area contributed by atoms with Crippen molar-refractivity contribution in [3.05, 3.63) is 69.4 Å². The van der Waals surface area contributed by atoms with E-state index in [0.29, 0.717) is 11.3 Å². The highest BCUT2D eigenvalue weighted by Crippen LogP contribution is 2.29. The number of nitrogen functional groups attached to an aromatic ring is 1. The molecule has 0 atom stereocenters. The van der Waals surface area contributed by atoms with Crippen LogP contribution in [0.15, 0.2) is 63.8 Å². The van der Waals surface area contributed by atoms with E-state index >= 15 is 0 Å². The van der Waals surface area contributed by atoms with Crippen LogP contribution in [-0.2, 0) is 0 Å². The van der Waals surface area contributed by atoms with Gasteiger partial charge < -0.3 is 10.5 Å². The van der Waals surface area contributed by atoms with Gasteiger partial charge in [0.1, 0.15) is 17.8 Å². The predicted octanol–water partition coefficient (Wildman–Crippen LogP) is 4.13. The normalized spacial score (nSPS) is 10.2. The van der Waals surface area contributed by atoms with E-state index in [0.717, 1.165) is 8.95 Å². The second-order valence-corrected chi connectivity index (χ2v) is 6.91. The van der Waals surface area contributed by atoms with Crippen molar-refractivity contribution in [2.24, 2.45) is 0 Å². The third kappa shape index (κ3) is 4.50. The number of amides is 1. The molecule has 3 aromatic rings. The summed E-state index contributed by atoms with van der Waals surface area (Å²) in [6.07, 6.45) is 1.29. The first-order chi connectivity index (χ1) is 12.5. The highest BCUT2D eigenvalue weighted by molar-refractivity contribution is 9.10. The summed E-state index contributed by atoms with van der Waals surface area (Å²) in [5.41, 5.74) is 11.9. The molecule has 0 fully saturated rings. The van der Waals surface area contributed by atoms with Gasteiger partial charge in [0.05, 0.1) is 0 Å². The standard InChI is InChI=1S/C17H13Br2N5O2/c18-11-3-1-10(2-4-11)16(25)24-23-15-14(20)17(22-9-21-15)26-13-7-5-12(19)6-8-13/h1-9H,20H2,(H,24,25)(H,21,22,23). The SMILES string of the molecule is Nc1c(NNC(=O)c2ccc(Br)cc2)ncnc1Oc1ccc(Br)cc1. The van der Waals surface area contributed by atoms with Gasteiger partial charge in [-0.1, -0.05) is 31.9 Å². The first kappa shape index (κ1) is 18.2. The third-order valence-electron chi connectivity index (χ3n) is 3.28. The van der Waals surface area contributed by atoms with E-state index in [1.165, 1.54) is 6.33 Å². The van der Waals surface area contributed by atoms with Gasteiger partial charge in [-0.15, -0.1) is 0 Å². The fourth-order valence-electron chi connectivity index (χ4n) is 1.96. The number of carbonyl (C=O) groups is 1. The molecule has 0 spiro atoms. The number of aromatic nitrogens is 2. The fraction of sp³-hybridized carbons (Fsp3) is 0. The molecule has 0 saturated carbocycles. The average molecular weight is 479 g/mol. The molecular weight excluding hydrogens is 466 g/mol. The van der Waals surface area contributed by atoms with Gasteiger partial charge >= 0.3 is 0 Å². The van der Waals surface area contributed by atoms with Crippen LogP contribution in [0.25, 0.3) is 0 Å². The molecule has 4 N–H and O–H groups in total. The maximum Gasteiger partial charge on any atom is 0.269 e. The zero-order valence-electron chi connectivity index (χ0n) is 13.2. The number of rotatable bonds is 5. The van der Waals surface area contributed by atoms with Crippen molar-refractivity contribution in [3.8, 4) is 11.6 Å². The topological polar surface area (TPSA) is 102 Å². The van der Waals surface area contributed by atoms with E-state index in [1.807, 2.05) is 12.1 Å². The summed E-state index contributed by atoms with van der Waals surface area (Å²) in [7, 11) is 0. The van der Waals surface area contributed by atoms with Crippen LogP contribution < -0.4 is 21.3 Å². The highest BCUT2D eigenvalue weighted by Gasteiger charge is 2.12. The van der Waals surface area contributed by atoms with Gasteiger partial charge in [-0.05, 0) is 48.5 Å². The molecule has 0 radical (unpaired) electrons. The molecule has 0 aliphatic rings. The lowest BCUT2D eigenvalue weighted by Crippen LogP contribution is -2.30. The Balaban J connectivity index is 1.69. The number of halogens is 2. The number of ether oxygens (including phenoxy) is 1. The van der Waals surface area contributed by atoms with E-state index < -0.39 is 0 Å². The van der Waals surface area contributed by atoms with Crippen LogP contribution in [0.4, 0.5) is 11.5 Å². The van der Waals surface area contributed by atoms with Crippen molar-refractivity contribution >= 4 is 49.3 Å². The van der Waals surface area contributed by atoms with Gasteiger partial charge in [0.15, 0.2) is 5.82 Å². The highest BCUT2D eigenvalue weighted by atomic mass is 79.9.